The first kappa shape index (κ1) is 19.0. The average Bonchev–Trinajstić information content (AvgIpc) is 3.34. The van der Waals surface area contributed by atoms with Crippen LogP contribution in [0.2, 0.25) is 0 Å². The number of hydrogen-bond donors (Lipinski definition) is 1. The van der Waals surface area contributed by atoms with Gasteiger partial charge in [0.1, 0.15) is 5.69 Å². The van der Waals surface area contributed by atoms with Crippen molar-refractivity contribution >= 4 is 27.5 Å². The first-order valence-corrected chi connectivity index (χ1v) is 9.88. The van der Waals surface area contributed by atoms with Gasteiger partial charge in [-0.1, -0.05) is 0 Å². The summed E-state index contributed by atoms with van der Waals surface area (Å²) < 4.78 is 30.6. The van der Waals surface area contributed by atoms with Gasteiger partial charge in [-0.25, -0.2) is 18.3 Å². The molecule has 3 aromatic rings. The van der Waals surface area contributed by atoms with E-state index in [-0.39, 0.29) is 23.0 Å². The number of hydrogen-bond acceptors (Lipinski definition) is 4. The molecule has 0 bridgehead atoms. The zero-order chi connectivity index (χ0) is 19.8. The molecule has 1 aliphatic carbocycles. The SMILES string of the molecule is Cc1nn(CCCNC(=O)c2cc3nc(C4CC4)cc(C(F)F)n3n2)cc1Br. The Morgan fingerprint density at radius 3 is 2.79 bits per heavy atom. The van der Waals surface area contributed by atoms with E-state index in [1.54, 1.807) is 4.68 Å². The van der Waals surface area contributed by atoms with E-state index in [2.05, 4.69) is 36.4 Å². The van der Waals surface area contributed by atoms with Crippen LogP contribution in [-0.2, 0) is 6.54 Å². The Labute approximate surface area is 168 Å². The summed E-state index contributed by atoms with van der Waals surface area (Å²) in [4.78, 5) is 16.8. The molecule has 0 saturated heterocycles. The Hall–Kier alpha value is -2.36. The van der Waals surface area contributed by atoms with Crippen molar-refractivity contribution in [2.45, 2.75) is 45.1 Å². The van der Waals surface area contributed by atoms with Gasteiger partial charge in [-0.05, 0) is 48.2 Å². The molecule has 0 radical (unpaired) electrons. The molecule has 0 spiro atoms. The van der Waals surface area contributed by atoms with E-state index in [0.717, 1.165) is 27.5 Å². The first-order valence-electron chi connectivity index (χ1n) is 9.09. The van der Waals surface area contributed by atoms with Crippen LogP contribution in [0.5, 0.6) is 0 Å². The molecular formula is C18H19BrF2N6O. The van der Waals surface area contributed by atoms with Gasteiger partial charge in [-0.3, -0.25) is 9.48 Å². The number of halogens is 3. The van der Waals surface area contributed by atoms with E-state index >= 15 is 0 Å². The third kappa shape index (κ3) is 3.91. The van der Waals surface area contributed by atoms with Crippen molar-refractivity contribution < 1.29 is 13.6 Å². The highest BCUT2D eigenvalue weighted by Crippen LogP contribution is 2.40. The van der Waals surface area contributed by atoms with E-state index in [1.807, 2.05) is 13.1 Å². The minimum absolute atomic E-state index is 0.0834. The maximum Gasteiger partial charge on any atom is 0.280 e. The third-order valence-electron chi connectivity index (χ3n) is 4.66. The number of rotatable bonds is 7. The van der Waals surface area contributed by atoms with Crippen molar-refractivity contribution in [2.24, 2.45) is 0 Å². The van der Waals surface area contributed by atoms with Gasteiger partial charge in [0.05, 0.1) is 10.2 Å². The van der Waals surface area contributed by atoms with Crippen LogP contribution in [0, 0.1) is 6.92 Å². The van der Waals surface area contributed by atoms with Crippen LogP contribution in [0.4, 0.5) is 8.78 Å². The van der Waals surface area contributed by atoms with Crippen molar-refractivity contribution in [3.8, 4) is 0 Å². The van der Waals surface area contributed by atoms with Gasteiger partial charge in [0.15, 0.2) is 11.3 Å². The van der Waals surface area contributed by atoms with Gasteiger partial charge in [0.25, 0.3) is 12.3 Å². The smallest absolute Gasteiger partial charge is 0.280 e. The molecule has 0 aromatic carbocycles. The van der Waals surface area contributed by atoms with Crippen LogP contribution in [-0.4, -0.2) is 36.8 Å². The Morgan fingerprint density at radius 2 is 2.14 bits per heavy atom. The van der Waals surface area contributed by atoms with Gasteiger partial charge in [-0.15, -0.1) is 0 Å². The number of aromatic nitrogens is 5. The lowest BCUT2D eigenvalue weighted by Gasteiger charge is -2.06. The molecule has 0 unspecified atom stereocenters. The zero-order valence-corrected chi connectivity index (χ0v) is 16.8. The Morgan fingerprint density at radius 1 is 1.36 bits per heavy atom. The number of nitrogens with one attached hydrogen (secondary N) is 1. The summed E-state index contributed by atoms with van der Waals surface area (Å²) in [7, 11) is 0. The molecule has 0 atom stereocenters. The fourth-order valence-electron chi connectivity index (χ4n) is 3.01. The molecule has 148 valence electrons. The van der Waals surface area contributed by atoms with Crippen LogP contribution in [0.15, 0.2) is 22.8 Å². The van der Waals surface area contributed by atoms with Crippen LogP contribution in [0.1, 0.15) is 59.2 Å². The van der Waals surface area contributed by atoms with E-state index in [9.17, 15) is 13.6 Å². The van der Waals surface area contributed by atoms with Crippen molar-refractivity contribution in [1.82, 2.24) is 29.7 Å². The van der Waals surface area contributed by atoms with E-state index < -0.39 is 12.3 Å². The third-order valence-corrected chi connectivity index (χ3v) is 5.44. The van der Waals surface area contributed by atoms with Gasteiger partial charge in [0, 0.05) is 37.0 Å². The van der Waals surface area contributed by atoms with Crippen molar-refractivity contribution in [3.63, 3.8) is 0 Å². The summed E-state index contributed by atoms with van der Waals surface area (Å²) in [5, 5.41) is 11.1. The number of amides is 1. The lowest BCUT2D eigenvalue weighted by molar-refractivity contribution is 0.0946. The molecule has 10 heteroatoms. The highest BCUT2D eigenvalue weighted by atomic mass is 79.9. The molecule has 7 nitrogen and oxygen atoms in total. The number of carbonyl (C=O) groups excluding carboxylic acids is 1. The fraction of sp³-hybridized carbons (Fsp3) is 0.444. The summed E-state index contributed by atoms with van der Waals surface area (Å²) in [6, 6.07) is 2.86. The number of carbonyl (C=O) groups is 1. The first-order chi connectivity index (χ1) is 13.4. The van der Waals surface area contributed by atoms with Crippen molar-refractivity contribution in [1.29, 1.82) is 0 Å². The van der Waals surface area contributed by atoms with E-state index in [0.29, 0.717) is 25.2 Å². The largest absolute Gasteiger partial charge is 0.351 e. The highest BCUT2D eigenvalue weighted by Gasteiger charge is 2.28. The van der Waals surface area contributed by atoms with E-state index in [4.69, 9.17) is 0 Å². The lowest BCUT2D eigenvalue weighted by atomic mass is 10.2. The standard InChI is InChI=1S/C18H19BrF2N6O/c1-10-12(19)9-26(24-10)6-2-5-22-18(28)14-8-16-23-13(11-3-4-11)7-15(17(20)21)27(16)25-14/h7-9,11,17H,2-6H2,1H3,(H,22,28). The van der Waals surface area contributed by atoms with Gasteiger partial charge >= 0.3 is 0 Å². The average molecular weight is 453 g/mol. The summed E-state index contributed by atoms with van der Waals surface area (Å²) >= 11 is 3.41. The Kier molecular flexibility index (Phi) is 5.13. The maximum atomic E-state index is 13.4. The van der Waals surface area contributed by atoms with Gasteiger partial charge in [0.2, 0.25) is 0 Å². The van der Waals surface area contributed by atoms with E-state index in [1.165, 1.54) is 12.1 Å². The molecule has 28 heavy (non-hydrogen) atoms. The molecule has 4 rings (SSSR count). The Balaban J connectivity index is 1.43. The molecule has 3 aromatic heterocycles. The van der Waals surface area contributed by atoms with Crippen molar-refractivity contribution in [2.75, 3.05) is 6.54 Å². The minimum atomic E-state index is -2.68. The highest BCUT2D eigenvalue weighted by molar-refractivity contribution is 9.10. The molecule has 1 aliphatic rings. The molecular weight excluding hydrogens is 434 g/mol. The number of nitrogens with zero attached hydrogens (tertiary/aromatic N) is 5. The quantitative estimate of drug-likeness (QED) is 0.555. The lowest BCUT2D eigenvalue weighted by Crippen LogP contribution is -2.25. The second kappa shape index (κ2) is 7.57. The Bertz CT molecular complexity index is 1010. The predicted molar refractivity (Wildman–Crippen MR) is 102 cm³/mol. The minimum Gasteiger partial charge on any atom is -0.351 e. The number of alkyl halides is 2. The van der Waals surface area contributed by atoms with Crippen LogP contribution in [0.3, 0.4) is 0 Å². The van der Waals surface area contributed by atoms with Crippen LogP contribution < -0.4 is 5.32 Å². The zero-order valence-electron chi connectivity index (χ0n) is 15.2. The summed E-state index contributed by atoms with van der Waals surface area (Å²) in [5.41, 5.74) is 1.68. The molecule has 1 saturated carbocycles. The predicted octanol–water partition coefficient (Wildman–Crippen LogP) is 3.63. The van der Waals surface area contributed by atoms with Gasteiger partial charge in [-0.2, -0.15) is 10.2 Å². The summed E-state index contributed by atoms with van der Waals surface area (Å²) in [6.07, 6.45) is 1.79. The van der Waals surface area contributed by atoms with Crippen molar-refractivity contribution in [3.05, 3.63) is 45.6 Å². The van der Waals surface area contributed by atoms with Gasteiger partial charge < -0.3 is 5.32 Å². The second-order valence-corrected chi connectivity index (χ2v) is 7.77. The molecule has 1 fully saturated rings. The van der Waals surface area contributed by atoms with Crippen LogP contribution >= 0.6 is 15.9 Å². The summed E-state index contributed by atoms with van der Waals surface area (Å²) in [6.45, 7) is 2.98. The fourth-order valence-corrected chi connectivity index (χ4v) is 3.33. The number of aryl methyl sites for hydroxylation is 2. The normalized spacial score (nSPS) is 14.2. The molecule has 3 heterocycles. The van der Waals surface area contributed by atoms with Crippen LogP contribution in [0.25, 0.3) is 5.65 Å². The molecule has 0 aliphatic heterocycles. The topological polar surface area (TPSA) is 77.1 Å². The summed E-state index contributed by atoms with van der Waals surface area (Å²) in [5.74, 6) is -0.169. The second-order valence-electron chi connectivity index (χ2n) is 6.92. The monoisotopic (exact) mass is 452 g/mol. The number of fused-ring (bicyclic) bond motifs is 1. The molecule has 1 amide bonds. The maximum absolute atomic E-state index is 13.4. The molecule has 1 N–H and O–H groups in total.